The van der Waals surface area contributed by atoms with Gasteiger partial charge in [-0.15, -0.1) is 0 Å². The van der Waals surface area contributed by atoms with Crippen LogP contribution in [0.2, 0.25) is 0 Å². The Morgan fingerprint density at radius 1 is 0.806 bits per heavy atom. The van der Waals surface area contributed by atoms with Crippen molar-refractivity contribution in [3.05, 3.63) is 0 Å². The molecule has 0 spiro atoms. The summed E-state index contributed by atoms with van der Waals surface area (Å²) in [4.78, 5) is 21.7. The van der Waals surface area contributed by atoms with Gasteiger partial charge in [-0.1, -0.05) is 90.4 Å². The number of carbonyl (C=O) groups excluding carboxylic acids is 1. The van der Waals surface area contributed by atoms with E-state index in [1.165, 1.54) is 84.0 Å². The highest BCUT2D eigenvalue weighted by Gasteiger charge is 2.34. The molecule has 0 heterocycles. The van der Waals surface area contributed by atoms with Crippen LogP contribution < -0.4 is 0 Å². The van der Waals surface area contributed by atoms with Crippen LogP contribution in [0.15, 0.2) is 0 Å². The van der Waals surface area contributed by atoms with Gasteiger partial charge in [0.05, 0.1) is 27.7 Å². The number of carbonyl (C=O) groups is 1. The van der Waals surface area contributed by atoms with Crippen LogP contribution in [-0.2, 0) is 23.3 Å². The van der Waals surface area contributed by atoms with Crippen LogP contribution in [0.4, 0.5) is 0 Å². The summed E-state index contributed by atoms with van der Waals surface area (Å²) in [7, 11) is 4.13. The lowest BCUT2D eigenvalue weighted by Crippen LogP contribution is -2.45. The normalized spacial score (nSPS) is 14.1. The van der Waals surface area contributed by atoms with Gasteiger partial charge in [-0.2, -0.15) is 0 Å². The van der Waals surface area contributed by atoms with Gasteiger partial charge in [-0.25, -0.2) is 0 Å². The van der Waals surface area contributed by atoms with E-state index in [-0.39, 0.29) is 6.61 Å². The molecule has 0 radical (unpaired) electrons. The van der Waals surface area contributed by atoms with Gasteiger partial charge >= 0.3 is 14.6 Å². The minimum Gasteiger partial charge on any atom is -0.457 e. The Labute approximate surface area is 224 Å². The maximum absolute atomic E-state index is 11.6. The molecule has 0 fully saturated rings. The van der Waals surface area contributed by atoms with E-state index in [0.717, 1.165) is 23.9 Å². The fourth-order valence-electron chi connectivity index (χ4n) is 3.86. The monoisotopic (exact) mass is 536 g/mol. The van der Waals surface area contributed by atoms with Gasteiger partial charge in [-0.05, 0) is 20.3 Å². The number of hydrogen-bond acceptors (Lipinski definition) is 6. The summed E-state index contributed by atoms with van der Waals surface area (Å²) in [6.07, 6.45) is 17.8. The van der Waals surface area contributed by atoms with E-state index in [0.29, 0.717) is 13.2 Å². The lowest BCUT2D eigenvalue weighted by atomic mass is 10.0. The lowest BCUT2D eigenvalue weighted by molar-refractivity contribution is -0.870. The van der Waals surface area contributed by atoms with Crippen molar-refractivity contribution in [2.45, 2.75) is 129 Å². The van der Waals surface area contributed by atoms with Crippen molar-refractivity contribution < 1.29 is 32.7 Å². The highest BCUT2D eigenvalue weighted by molar-refractivity contribution is 7.40. The Morgan fingerprint density at radius 3 is 1.72 bits per heavy atom. The molecule has 0 rings (SSSR count). The summed E-state index contributed by atoms with van der Waals surface area (Å²) in [5, 5.41) is 0. The van der Waals surface area contributed by atoms with E-state index in [4.69, 9.17) is 18.5 Å². The van der Waals surface area contributed by atoms with Gasteiger partial charge in [0.15, 0.2) is 6.10 Å². The molecule has 0 aromatic rings. The van der Waals surface area contributed by atoms with Crippen LogP contribution in [-0.4, -0.2) is 74.6 Å². The lowest BCUT2D eigenvalue weighted by Gasteiger charge is -2.33. The first-order valence-corrected chi connectivity index (χ1v) is 15.5. The summed E-state index contributed by atoms with van der Waals surface area (Å²) in [5.41, 5.74) is -0.722. The molecule has 8 heteroatoms. The summed E-state index contributed by atoms with van der Waals surface area (Å²) in [5.74, 6) is -0.398. The van der Waals surface area contributed by atoms with Crippen LogP contribution in [0.1, 0.15) is 118 Å². The van der Waals surface area contributed by atoms with Crippen LogP contribution in [0.25, 0.3) is 0 Å². The second-order valence-electron chi connectivity index (χ2n) is 11.5. The van der Waals surface area contributed by atoms with Gasteiger partial charge < -0.3 is 27.9 Å². The molecule has 0 amide bonds. The average molecular weight is 537 g/mol. The number of hydrogen-bond donors (Lipinski definition) is 1. The molecule has 216 valence electrons. The zero-order chi connectivity index (χ0) is 27.3. The zero-order valence-corrected chi connectivity index (χ0v) is 25.6. The van der Waals surface area contributed by atoms with E-state index in [2.05, 4.69) is 28.1 Å². The van der Waals surface area contributed by atoms with Gasteiger partial charge in [0.1, 0.15) is 18.8 Å². The maximum atomic E-state index is 11.6. The number of rotatable bonds is 25. The predicted molar refractivity (Wildman–Crippen MR) is 150 cm³/mol. The van der Waals surface area contributed by atoms with Crippen LogP contribution >= 0.6 is 8.60 Å². The Kier molecular flexibility index (Phi) is 21.4. The third-order valence-electron chi connectivity index (χ3n) is 6.36. The molecule has 2 atom stereocenters. The number of nitrogens with zero attached hydrogens (tertiary/aromatic N) is 1. The molecule has 0 saturated heterocycles. The largest absolute Gasteiger partial charge is 0.457 e. The molecule has 0 aromatic heterocycles. The number of ether oxygens (including phenoxy) is 2. The van der Waals surface area contributed by atoms with Crippen molar-refractivity contribution in [1.29, 1.82) is 0 Å². The second-order valence-corrected chi connectivity index (χ2v) is 12.5. The minimum atomic E-state index is -2.03. The molecule has 0 bridgehead atoms. The first-order chi connectivity index (χ1) is 17.0. The molecule has 1 N–H and O–H groups in total. The molecule has 0 aliphatic heterocycles. The van der Waals surface area contributed by atoms with Crippen molar-refractivity contribution in [2.75, 3.05) is 47.5 Å². The molecular formula is C28H59NO6P+. The molecule has 0 aliphatic rings. The van der Waals surface area contributed by atoms with Crippen molar-refractivity contribution in [3.8, 4) is 0 Å². The Balaban J connectivity index is 3.98. The molecule has 0 saturated carbocycles. The van der Waals surface area contributed by atoms with Gasteiger partial charge in [0.2, 0.25) is 0 Å². The molecule has 7 nitrogen and oxygen atoms in total. The number of likely N-dealkylation sites (N-methyl/N-ethyl adjacent to an activating group) is 1. The van der Waals surface area contributed by atoms with Gasteiger partial charge in [-0.3, -0.25) is 4.79 Å². The van der Waals surface area contributed by atoms with E-state index >= 15 is 0 Å². The number of quaternary nitrogens is 1. The second kappa shape index (κ2) is 21.6. The summed E-state index contributed by atoms with van der Waals surface area (Å²) in [6, 6.07) is 0. The minimum absolute atomic E-state index is 0.0257. The first kappa shape index (κ1) is 35.7. The van der Waals surface area contributed by atoms with E-state index in [1.807, 2.05) is 13.8 Å². The van der Waals surface area contributed by atoms with Crippen LogP contribution in [0.5, 0.6) is 0 Å². The molecule has 0 aromatic carbocycles. The molecule has 0 aliphatic carbocycles. The Hall–Kier alpha value is -0.300. The number of unbranched alkanes of at least 4 members (excludes halogenated alkanes) is 13. The first-order valence-electron chi connectivity index (χ1n) is 14.3. The topological polar surface area (TPSA) is 74.2 Å². The third kappa shape index (κ3) is 22.9. The van der Waals surface area contributed by atoms with Gasteiger partial charge in [0.25, 0.3) is 0 Å². The molecule has 36 heavy (non-hydrogen) atoms. The smallest absolute Gasteiger partial charge is 0.330 e. The average Bonchev–Trinajstić information content (AvgIpc) is 2.78. The summed E-state index contributed by atoms with van der Waals surface area (Å²) in [6.45, 7) is 9.21. The fraction of sp³-hybridized carbons (Fsp3) is 0.964. The van der Waals surface area contributed by atoms with Crippen molar-refractivity contribution in [2.24, 2.45) is 0 Å². The quantitative estimate of drug-likeness (QED) is 0.0578. The highest BCUT2D eigenvalue weighted by atomic mass is 31.2. The predicted octanol–water partition coefficient (Wildman–Crippen LogP) is 7.15. The standard InChI is InChI=1S/C28H59NO6P/c1-8-9-10-11-12-13-14-15-16-17-18-19-20-21-23-32-28(3,4)27(35-26(2)30)25-34-36(31)33-24-22-29(5,6)7/h27,31H,8-25H2,1-7H3/q+1. The SMILES string of the molecule is CCCCCCCCCCCCCCCCOC(C)(C)C(COP(O)OCC[N+](C)(C)C)OC(C)=O. The number of esters is 1. The third-order valence-corrected chi connectivity index (χ3v) is 7.13. The summed E-state index contributed by atoms with van der Waals surface area (Å²) >= 11 is 0. The maximum Gasteiger partial charge on any atom is 0.330 e. The van der Waals surface area contributed by atoms with Crippen molar-refractivity contribution in [1.82, 2.24) is 0 Å². The van der Waals surface area contributed by atoms with Gasteiger partial charge in [0, 0.05) is 13.5 Å². The van der Waals surface area contributed by atoms with Crippen molar-refractivity contribution in [3.63, 3.8) is 0 Å². The van der Waals surface area contributed by atoms with E-state index in [9.17, 15) is 9.69 Å². The van der Waals surface area contributed by atoms with E-state index < -0.39 is 26.3 Å². The van der Waals surface area contributed by atoms with E-state index in [1.54, 1.807) is 0 Å². The fourth-order valence-corrected chi connectivity index (χ4v) is 4.44. The Bertz CT molecular complexity index is 527. The zero-order valence-electron chi connectivity index (χ0n) is 24.7. The molecule has 2 unspecified atom stereocenters. The molecular weight excluding hydrogens is 477 g/mol. The highest BCUT2D eigenvalue weighted by Crippen LogP contribution is 2.34. The van der Waals surface area contributed by atoms with Crippen LogP contribution in [0.3, 0.4) is 0 Å². The van der Waals surface area contributed by atoms with Crippen LogP contribution in [0, 0.1) is 0 Å². The summed E-state index contributed by atoms with van der Waals surface area (Å²) < 4.78 is 23.1. The Morgan fingerprint density at radius 2 is 1.28 bits per heavy atom. The van der Waals surface area contributed by atoms with Crippen molar-refractivity contribution >= 4 is 14.6 Å².